The van der Waals surface area contributed by atoms with Crippen LogP contribution >= 0.6 is 130 Å². The molecule has 1 atom stereocenters. The molecular formula is C83H86Br6Cl3FN6O14. The fourth-order valence-corrected chi connectivity index (χ4v) is 16.7. The molecule has 2 amide bonds. The third-order valence-electron chi connectivity index (χ3n) is 17.7. The Kier molecular flexibility index (Phi) is 34.5. The Labute approximate surface area is 721 Å². The van der Waals surface area contributed by atoms with E-state index in [0.717, 1.165) is 126 Å². The van der Waals surface area contributed by atoms with Crippen molar-refractivity contribution < 1.29 is 72.5 Å². The molecule has 12 rings (SSSR count). The highest BCUT2D eigenvalue weighted by molar-refractivity contribution is 9.12. The number of halogens is 10. The quantitative estimate of drug-likeness (QED) is 0.0163. The van der Waals surface area contributed by atoms with Crippen LogP contribution in [0.5, 0.6) is 23.0 Å². The van der Waals surface area contributed by atoms with Crippen LogP contribution in [0.2, 0.25) is 15.1 Å². The third kappa shape index (κ3) is 31.7. The lowest BCUT2D eigenvalue weighted by Crippen LogP contribution is -2.29. The van der Waals surface area contributed by atoms with Crippen molar-refractivity contribution in [3.63, 3.8) is 0 Å². The van der Waals surface area contributed by atoms with E-state index in [1.165, 1.54) is 69.1 Å². The third-order valence-corrected chi connectivity index (χ3v) is 22.1. The summed E-state index contributed by atoms with van der Waals surface area (Å²) in [6.45, 7) is 11.2. The molecule has 1 unspecified atom stereocenters. The zero-order valence-electron chi connectivity index (χ0n) is 61.9. The van der Waals surface area contributed by atoms with Crippen molar-refractivity contribution in [3.8, 4) is 23.0 Å². The van der Waals surface area contributed by atoms with E-state index in [4.69, 9.17) is 74.2 Å². The molecular weight excluding hydrogens is 1910 g/mol. The van der Waals surface area contributed by atoms with Crippen molar-refractivity contribution in [1.82, 2.24) is 5.32 Å². The second-order valence-corrected chi connectivity index (χ2v) is 34.7. The first-order chi connectivity index (χ1) is 53.8. The van der Waals surface area contributed by atoms with Gasteiger partial charge in [0.2, 0.25) is 12.1 Å². The van der Waals surface area contributed by atoms with Crippen molar-refractivity contribution in [2.45, 2.75) is 130 Å². The average Bonchev–Trinajstić information content (AvgIpc) is 1.65. The smallest absolute Gasteiger partial charge is 0.338 e. The monoisotopic (exact) mass is 1990 g/mol. The van der Waals surface area contributed by atoms with Crippen molar-refractivity contribution in [2.75, 3.05) is 59.3 Å². The molecule has 30 heteroatoms. The number of hydrogen-bond donors (Lipinski definition) is 10. The summed E-state index contributed by atoms with van der Waals surface area (Å²) in [6, 6.07) is 38.0. The van der Waals surface area contributed by atoms with Gasteiger partial charge in [-0.25, -0.2) is 9.18 Å². The first-order valence-corrected chi connectivity index (χ1v) is 42.3. The molecule has 602 valence electrons. The summed E-state index contributed by atoms with van der Waals surface area (Å²) in [5.74, 6) is -0.396. The predicted molar refractivity (Wildman–Crippen MR) is 462 cm³/mol. The molecule has 4 aliphatic rings. The maximum Gasteiger partial charge on any atom is 0.338 e. The number of amides is 2. The molecule has 0 aliphatic heterocycles. The molecule has 0 saturated heterocycles. The number of carboxylic acids is 4. The Hall–Kier alpha value is -7.34. The lowest BCUT2D eigenvalue weighted by atomic mass is 10.1. The van der Waals surface area contributed by atoms with E-state index in [0.29, 0.717) is 71.8 Å². The molecule has 0 bridgehead atoms. The summed E-state index contributed by atoms with van der Waals surface area (Å²) in [7, 11) is 0. The van der Waals surface area contributed by atoms with Gasteiger partial charge in [0.05, 0.1) is 36.9 Å². The van der Waals surface area contributed by atoms with Crippen LogP contribution in [0.4, 0.5) is 32.8 Å². The summed E-state index contributed by atoms with van der Waals surface area (Å²) in [5, 5.41) is 54.5. The standard InChI is InChI=1S/C21H22Br2FNO3.C21H22Br2N2O4.C21H23Br2NO3.C20H19Cl3N2O4/c1-12-4-15(6-16(5-12)25-10-13-2-3-13)11-28-20-17(22)7-14(8-18(20)23)9-19(24)21(26)27;1-12-4-14(6-16(5-12)24-9-13-2-3-13)11-29-20-17(22)7-15(8-18(20)23)21(28)25-10-19(26)27;1-13-6-16(8-17(7-13)24-11-14-2-3-14)12-27-21-18(22)9-15(10-19(21)23)4-5-20(25)26;21-13-3-12(4-14(5-13)24-9-11-1-2-11)10-29-20-16(22)6-15(7-17(20)23)25-18(26)8-19(27)28/h4-8,13,19,25H,2-3,9-11H2,1H3,(H,26,27);4-8,13,24H,2-3,9-11H2,1H3,(H,25,28)(H,26,27);6-10,14,24H,2-5,11-12H2,1H3,(H,25,26);3-7,11,24H,1-2,8-10H2,(H,25,26)(H,27,28). The zero-order valence-corrected chi connectivity index (χ0v) is 73.7. The van der Waals surface area contributed by atoms with Crippen LogP contribution in [0.25, 0.3) is 0 Å². The number of benzene rings is 8. The van der Waals surface area contributed by atoms with Crippen molar-refractivity contribution in [3.05, 3.63) is 219 Å². The van der Waals surface area contributed by atoms with Crippen LogP contribution in [0, 0.1) is 44.4 Å². The number of anilines is 5. The number of rotatable bonds is 36. The number of aliphatic carboxylic acids is 4. The molecule has 4 saturated carbocycles. The summed E-state index contributed by atoms with van der Waals surface area (Å²) in [4.78, 5) is 66.3. The molecule has 0 aromatic heterocycles. The van der Waals surface area contributed by atoms with Gasteiger partial charge in [-0.1, -0.05) is 53.0 Å². The zero-order chi connectivity index (χ0) is 81.6. The van der Waals surface area contributed by atoms with Gasteiger partial charge in [0, 0.05) is 78.0 Å². The normalized spacial score (nSPS) is 13.5. The van der Waals surface area contributed by atoms with Gasteiger partial charge in [0.1, 0.15) is 56.6 Å². The van der Waals surface area contributed by atoms with E-state index < -0.39 is 54.8 Å². The number of carbonyl (C=O) groups excluding carboxylic acids is 2. The molecule has 8 aromatic rings. The fraction of sp³-hybridized carbons (Fsp3) is 0.349. The van der Waals surface area contributed by atoms with Gasteiger partial charge in [-0.2, -0.15) is 0 Å². The molecule has 113 heavy (non-hydrogen) atoms. The topological polar surface area (TPSA) is 292 Å². The molecule has 10 N–H and O–H groups in total. The SMILES string of the molecule is Cc1cc(COc2c(Br)cc(C(=O)NCC(=O)O)cc2Br)cc(NCC2CC2)c1.Cc1cc(COc2c(Br)cc(CC(F)C(=O)O)cc2Br)cc(NCC2CC2)c1.Cc1cc(COc2c(Br)cc(CCC(=O)O)cc2Br)cc(NCC2CC2)c1.O=C(O)CC(=O)Nc1cc(Cl)c(OCc2cc(Cl)cc(NCC3CC3)c2)c(Cl)c1. The maximum absolute atomic E-state index is 13.5. The Morgan fingerprint density at radius 3 is 1.13 bits per heavy atom. The lowest BCUT2D eigenvalue weighted by Gasteiger charge is -2.14. The number of carbonyl (C=O) groups is 6. The Balaban J connectivity index is 0.000000173. The van der Waals surface area contributed by atoms with E-state index >= 15 is 0 Å². The number of aryl methyl sites for hydroxylation is 4. The second kappa shape index (κ2) is 43.6. The molecule has 0 spiro atoms. The summed E-state index contributed by atoms with van der Waals surface area (Å²) in [6.07, 6.45) is 8.23. The fourth-order valence-electron chi connectivity index (χ4n) is 11.4. The van der Waals surface area contributed by atoms with Gasteiger partial charge in [-0.15, -0.1) is 0 Å². The highest BCUT2D eigenvalue weighted by atomic mass is 79.9. The van der Waals surface area contributed by atoms with Crippen LogP contribution in [0.3, 0.4) is 0 Å². The van der Waals surface area contributed by atoms with Gasteiger partial charge < -0.3 is 71.3 Å². The van der Waals surface area contributed by atoms with Gasteiger partial charge >= 0.3 is 23.9 Å². The van der Waals surface area contributed by atoms with Gasteiger partial charge in [0.15, 0.2) is 5.75 Å². The van der Waals surface area contributed by atoms with Gasteiger partial charge in [-0.05, 0) is 351 Å². The molecule has 0 radical (unpaired) electrons. The number of nitrogens with one attached hydrogen (secondary N) is 6. The van der Waals surface area contributed by atoms with Crippen molar-refractivity contribution in [2.24, 2.45) is 23.7 Å². The van der Waals surface area contributed by atoms with Gasteiger partial charge in [0.25, 0.3) is 5.91 Å². The minimum Gasteiger partial charge on any atom is -0.487 e. The molecule has 20 nitrogen and oxygen atoms in total. The highest BCUT2D eigenvalue weighted by Gasteiger charge is 2.26. The molecule has 4 fully saturated rings. The minimum atomic E-state index is -1.93. The second-order valence-electron chi connectivity index (χ2n) is 28.3. The van der Waals surface area contributed by atoms with Crippen LogP contribution in [-0.4, -0.2) is 95.0 Å². The van der Waals surface area contributed by atoms with E-state index in [-0.39, 0.29) is 40.9 Å². The van der Waals surface area contributed by atoms with Gasteiger partial charge in [-0.3, -0.25) is 24.0 Å². The van der Waals surface area contributed by atoms with E-state index in [1.54, 1.807) is 30.3 Å². The average molecular weight is 2000 g/mol. The molecule has 8 aromatic carbocycles. The van der Waals surface area contributed by atoms with Crippen LogP contribution < -0.4 is 50.8 Å². The predicted octanol–water partition coefficient (Wildman–Crippen LogP) is 22.0. The van der Waals surface area contributed by atoms with Crippen molar-refractivity contribution >= 4 is 195 Å². The largest absolute Gasteiger partial charge is 0.487 e. The van der Waals surface area contributed by atoms with Crippen LogP contribution in [0.15, 0.2) is 148 Å². The summed E-state index contributed by atoms with van der Waals surface area (Å²) < 4.78 is 41.4. The van der Waals surface area contributed by atoms with Crippen LogP contribution in [-0.2, 0) is 63.2 Å². The Morgan fingerprint density at radius 1 is 0.425 bits per heavy atom. The summed E-state index contributed by atoms with van der Waals surface area (Å²) in [5.41, 5.74) is 14.0. The highest BCUT2D eigenvalue weighted by Crippen LogP contribution is 2.42. The molecule has 0 heterocycles. The lowest BCUT2D eigenvalue weighted by molar-refractivity contribution is -0.143. The van der Waals surface area contributed by atoms with Crippen LogP contribution in [0.1, 0.15) is 125 Å². The van der Waals surface area contributed by atoms with E-state index in [1.807, 2.05) is 24.3 Å². The number of alkyl halides is 1. The minimum absolute atomic E-state index is 0.110. The Morgan fingerprint density at radius 2 is 0.779 bits per heavy atom. The maximum atomic E-state index is 13.5. The van der Waals surface area contributed by atoms with E-state index in [2.05, 4.69) is 203 Å². The van der Waals surface area contributed by atoms with Crippen molar-refractivity contribution in [1.29, 1.82) is 0 Å². The first kappa shape index (κ1) is 89.6. The Bertz CT molecular complexity index is 4650. The van der Waals surface area contributed by atoms with E-state index in [9.17, 15) is 33.2 Å². The summed E-state index contributed by atoms with van der Waals surface area (Å²) >= 11 is 39.5. The number of carboxylic acid groups (broad SMARTS) is 4. The molecule has 4 aliphatic carbocycles. The number of ether oxygens (including phenoxy) is 4. The first-order valence-electron chi connectivity index (χ1n) is 36.5. The number of hydrogen-bond acceptors (Lipinski definition) is 14.